The molecule has 5 heteroatoms. The molecule has 1 heterocycles. The third-order valence-electron chi connectivity index (χ3n) is 2.74. The van der Waals surface area contributed by atoms with E-state index in [1.807, 2.05) is 0 Å². The molecule has 0 aliphatic rings. The average Bonchev–Trinajstić information content (AvgIpc) is 2.93. The van der Waals surface area contributed by atoms with Gasteiger partial charge in [-0.3, -0.25) is 4.79 Å². The van der Waals surface area contributed by atoms with Gasteiger partial charge in [-0.2, -0.15) is 0 Å². The van der Waals surface area contributed by atoms with Crippen LogP contribution in [0, 0.1) is 0 Å². The van der Waals surface area contributed by atoms with Gasteiger partial charge in [-0.15, -0.1) is 0 Å². The highest BCUT2D eigenvalue weighted by atomic mass is 35.5. The molecule has 0 saturated heterocycles. The van der Waals surface area contributed by atoms with Gasteiger partial charge < -0.3 is 14.8 Å². The molecule has 2 rings (SSSR count). The van der Waals surface area contributed by atoms with Gasteiger partial charge in [0.1, 0.15) is 0 Å². The maximum absolute atomic E-state index is 11.8. The van der Waals surface area contributed by atoms with E-state index in [0.717, 1.165) is 0 Å². The Kier molecular flexibility index (Phi) is 4.60. The first-order chi connectivity index (χ1) is 9.16. The van der Waals surface area contributed by atoms with E-state index in [2.05, 4.69) is 5.32 Å². The molecule has 0 spiro atoms. The fourth-order valence-electron chi connectivity index (χ4n) is 1.66. The van der Waals surface area contributed by atoms with Crippen LogP contribution in [0.5, 0.6) is 0 Å². The molecule has 2 aromatic rings. The van der Waals surface area contributed by atoms with E-state index in [-0.39, 0.29) is 5.91 Å². The van der Waals surface area contributed by atoms with E-state index < -0.39 is 6.10 Å². The van der Waals surface area contributed by atoms with Gasteiger partial charge in [0.25, 0.3) is 5.91 Å². The normalized spacial score (nSPS) is 12.1. The fraction of sp³-hybridized carbons (Fsp3) is 0.214. The molecule has 0 radical (unpaired) electrons. The smallest absolute Gasteiger partial charge is 0.251 e. The summed E-state index contributed by atoms with van der Waals surface area (Å²) in [5.41, 5.74) is 1.25. The maximum atomic E-state index is 11.8. The van der Waals surface area contributed by atoms with Crippen molar-refractivity contribution >= 4 is 17.5 Å². The summed E-state index contributed by atoms with van der Waals surface area (Å²) < 4.78 is 4.88. The zero-order valence-electron chi connectivity index (χ0n) is 10.2. The number of amides is 1. The summed E-state index contributed by atoms with van der Waals surface area (Å²) >= 11 is 5.75. The van der Waals surface area contributed by atoms with Crippen LogP contribution in [0.25, 0.3) is 0 Å². The minimum absolute atomic E-state index is 0.184. The molecule has 0 saturated carbocycles. The summed E-state index contributed by atoms with van der Waals surface area (Å²) in [4.78, 5) is 11.8. The zero-order valence-corrected chi connectivity index (χ0v) is 10.9. The van der Waals surface area contributed by atoms with Crippen molar-refractivity contribution in [2.45, 2.75) is 12.5 Å². The first-order valence-corrected chi connectivity index (χ1v) is 6.28. The Labute approximate surface area is 116 Å². The van der Waals surface area contributed by atoms with Crippen LogP contribution < -0.4 is 5.32 Å². The van der Waals surface area contributed by atoms with Gasteiger partial charge in [0.15, 0.2) is 0 Å². The Morgan fingerprint density at radius 3 is 2.68 bits per heavy atom. The Morgan fingerprint density at radius 2 is 2.05 bits per heavy atom. The number of hydrogen-bond donors (Lipinski definition) is 2. The Morgan fingerprint density at radius 1 is 1.32 bits per heavy atom. The van der Waals surface area contributed by atoms with Crippen LogP contribution in [0.15, 0.2) is 47.3 Å². The SMILES string of the molecule is O=C(NCCC(O)c1ccoc1)c1ccc(Cl)cc1. The lowest BCUT2D eigenvalue weighted by molar-refractivity contribution is 0.0942. The standard InChI is InChI=1S/C14H14ClNO3/c15-12-3-1-10(2-4-12)14(18)16-7-5-13(17)11-6-8-19-9-11/h1-4,6,8-9,13,17H,5,7H2,(H,16,18). The number of furan rings is 1. The third-order valence-corrected chi connectivity index (χ3v) is 2.99. The molecule has 100 valence electrons. The first kappa shape index (κ1) is 13.6. The summed E-state index contributed by atoms with van der Waals surface area (Å²) in [7, 11) is 0. The largest absolute Gasteiger partial charge is 0.472 e. The quantitative estimate of drug-likeness (QED) is 0.885. The second-order valence-corrected chi connectivity index (χ2v) is 4.56. The van der Waals surface area contributed by atoms with Crippen LogP contribution >= 0.6 is 11.6 Å². The minimum atomic E-state index is -0.635. The molecular weight excluding hydrogens is 266 g/mol. The molecule has 19 heavy (non-hydrogen) atoms. The van der Waals surface area contributed by atoms with Crippen molar-refractivity contribution in [1.82, 2.24) is 5.32 Å². The molecular formula is C14H14ClNO3. The van der Waals surface area contributed by atoms with E-state index in [1.165, 1.54) is 12.5 Å². The highest BCUT2D eigenvalue weighted by Crippen LogP contribution is 2.16. The predicted octanol–water partition coefficient (Wildman–Crippen LogP) is 2.79. The summed E-state index contributed by atoms with van der Waals surface area (Å²) in [6, 6.07) is 8.34. The molecule has 0 aliphatic heterocycles. The maximum Gasteiger partial charge on any atom is 0.251 e. The number of rotatable bonds is 5. The van der Waals surface area contributed by atoms with Crippen molar-refractivity contribution in [3.63, 3.8) is 0 Å². The number of nitrogens with one attached hydrogen (secondary N) is 1. The third kappa shape index (κ3) is 3.84. The van der Waals surface area contributed by atoms with Crippen molar-refractivity contribution < 1.29 is 14.3 Å². The lowest BCUT2D eigenvalue weighted by atomic mass is 10.1. The van der Waals surface area contributed by atoms with Gasteiger partial charge in [0, 0.05) is 22.7 Å². The van der Waals surface area contributed by atoms with E-state index in [9.17, 15) is 9.90 Å². The monoisotopic (exact) mass is 279 g/mol. The zero-order chi connectivity index (χ0) is 13.7. The molecule has 1 aromatic carbocycles. The van der Waals surface area contributed by atoms with Crippen LogP contribution in [0.4, 0.5) is 0 Å². The Balaban J connectivity index is 1.79. The number of aliphatic hydroxyl groups is 1. The van der Waals surface area contributed by atoms with Crippen molar-refractivity contribution in [3.8, 4) is 0 Å². The predicted molar refractivity (Wildman–Crippen MR) is 72.1 cm³/mol. The highest BCUT2D eigenvalue weighted by Gasteiger charge is 2.10. The second kappa shape index (κ2) is 6.41. The van der Waals surface area contributed by atoms with E-state index in [0.29, 0.717) is 29.1 Å². The van der Waals surface area contributed by atoms with E-state index in [1.54, 1.807) is 30.3 Å². The van der Waals surface area contributed by atoms with Crippen LogP contribution in [0.3, 0.4) is 0 Å². The van der Waals surface area contributed by atoms with Gasteiger partial charge in [0.05, 0.1) is 18.6 Å². The summed E-state index contributed by atoms with van der Waals surface area (Å²) in [5, 5.41) is 13.1. The van der Waals surface area contributed by atoms with Crippen molar-refractivity contribution in [2.24, 2.45) is 0 Å². The van der Waals surface area contributed by atoms with Crippen LogP contribution in [-0.2, 0) is 0 Å². The lowest BCUT2D eigenvalue weighted by Gasteiger charge is -2.09. The summed E-state index contributed by atoms with van der Waals surface area (Å²) in [6.07, 6.45) is 2.79. The molecule has 2 N–H and O–H groups in total. The number of benzene rings is 1. The molecule has 1 amide bonds. The summed E-state index contributed by atoms with van der Waals surface area (Å²) in [6.45, 7) is 0.383. The van der Waals surface area contributed by atoms with E-state index in [4.69, 9.17) is 16.0 Å². The van der Waals surface area contributed by atoms with Gasteiger partial charge in [-0.25, -0.2) is 0 Å². The Hall–Kier alpha value is -1.78. The summed E-state index contributed by atoms with van der Waals surface area (Å²) in [5.74, 6) is -0.184. The fourth-order valence-corrected chi connectivity index (χ4v) is 1.78. The van der Waals surface area contributed by atoms with Gasteiger partial charge in [-0.05, 0) is 36.8 Å². The molecule has 1 unspecified atom stereocenters. The number of halogens is 1. The van der Waals surface area contributed by atoms with Gasteiger partial charge in [-0.1, -0.05) is 11.6 Å². The van der Waals surface area contributed by atoms with Crippen LogP contribution in [-0.4, -0.2) is 17.6 Å². The highest BCUT2D eigenvalue weighted by molar-refractivity contribution is 6.30. The van der Waals surface area contributed by atoms with Crippen molar-refractivity contribution in [2.75, 3.05) is 6.54 Å². The minimum Gasteiger partial charge on any atom is -0.472 e. The van der Waals surface area contributed by atoms with Crippen molar-refractivity contribution in [1.29, 1.82) is 0 Å². The number of carbonyl (C=O) groups is 1. The number of aliphatic hydroxyl groups excluding tert-OH is 1. The Bertz CT molecular complexity index is 522. The van der Waals surface area contributed by atoms with E-state index >= 15 is 0 Å². The van der Waals surface area contributed by atoms with Crippen LogP contribution in [0.2, 0.25) is 5.02 Å². The topological polar surface area (TPSA) is 62.5 Å². The van der Waals surface area contributed by atoms with Gasteiger partial charge in [0.2, 0.25) is 0 Å². The molecule has 1 atom stereocenters. The number of hydrogen-bond acceptors (Lipinski definition) is 3. The molecule has 4 nitrogen and oxygen atoms in total. The van der Waals surface area contributed by atoms with Crippen molar-refractivity contribution in [3.05, 3.63) is 59.0 Å². The first-order valence-electron chi connectivity index (χ1n) is 5.91. The average molecular weight is 280 g/mol. The lowest BCUT2D eigenvalue weighted by Crippen LogP contribution is -2.25. The number of carbonyl (C=O) groups excluding carboxylic acids is 1. The molecule has 0 aliphatic carbocycles. The van der Waals surface area contributed by atoms with Crippen LogP contribution in [0.1, 0.15) is 28.4 Å². The molecule has 0 fully saturated rings. The van der Waals surface area contributed by atoms with Gasteiger partial charge >= 0.3 is 0 Å². The molecule has 0 bridgehead atoms. The second-order valence-electron chi connectivity index (χ2n) is 4.12. The molecule has 1 aromatic heterocycles.